The van der Waals surface area contributed by atoms with Crippen molar-refractivity contribution in [1.82, 2.24) is 19.7 Å². The Bertz CT molecular complexity index is 2660. The number of aromatic nitrogens is 3. The molecular formula is C50H53F2N7O2S. The van der Waals surface area contributed by atoms with Gasteiger partial charge in [0.1, 0.15) is 34.3 Å². The van der Waals surface area contributed by atoms with E-state index in [1.165, 1.54) is 22.6 Å². The summed E-state index contributed by atoms with van der Waals surface area (Å²) in [5.74, 6) is 1.36. The van der Waals surface area contributed by atoms with E-state index in [1.807, 2.05) is 43.3 Å². The zero-order valence-corrected chi connectivity index (χ0v) is 36.6. The van der Waals surface area contributed by atoms with Gasteiger partial charge in [0.05, 0.1) is 17.0 Å². The molecule has 320 valence electrons. The van der Waals surface area contributed by atoms with Crippen LogP contribution < -0.4 is 9.80 Å². The largest absolute Gasteiger partial charge is 0.508 e. The number of nitrogens with zero attached hydrogens (tertiary/aromatic N) is 7. The van der Waals surface area contributed by atoms with Crippen LogP contribution in [0.2, 0.25) is 0 Å². The molecule has 3 atom stereocenters. The van der Waals surface area contributed by atoms with E-state index in [9.17, 15) is 14.6 Å². The number of aliphatic imine (C=N–C) groups is 1. The van der Waals surface area contributed by atoms with E-state index in [-0.39, 0.29) is 35.3 Å². The third kappa shape index (κ3) is 7.39. The molecule has 2 N–H and O–H groups in total. The first-order chi connectivity index (χ1) is 29.9. The Balaban J connectivity index is 0.773. The monoisotopic (exact) mass is 853 g/mol. The normalized spacial score (nSPS) is 21.2. The summed E-state index contributed by atoms with van der Waals surface area (Å²) < 4.78 is 32.3. The van der Waals surface area contributed by atoms with Gasteiger partial charge in [-0.05, 0) is 136 Å². The minimum Gasteiger partial charge on any atom is -0.508 e. The number of halogens is 2. The van der Waals surface area contributed by atoms with Gasteiger partial charge in [-0.1, -0.05) is 36.4 Å². The van der Waals surface area contributed by atoms with Crippen LogP contribution in [0.25, 0.3) is 5.00 Å². The van der Waals surface area contributed by atoms with Crippen molar-refractivity contribution in [3.63, 3.8) is 0 Å². The second-order valence-electron chi connectivity index (χ2n) is 17.8. The number of aryl methyl sites for hydroxylation is 3. The van der Waals surface area contributed by atoms with E-state index in [1.54, 1.807) is 23.5 Å². The molecule has 12 heteroatoms. The maximum atomic E-state index is 16.2. The van der Waals surface area contributed by atoms with Crippen LogP contribution in [0, 0.1) is 32.4 Å². The topological polar surface area (TPSA) is 93.2 Å². The number of thiophene rings is 1. The average Bonchev–Trinajstić information content (AvgIpc) is 3.76. The first kappa shape index (κ1) is 40.6. The zero-order chi connectivity index (χ0) is 42.9. The molecule has 0 amide bonds. The van der Waals surface area contributed by atoms with Crippen LogP contribution in [0.5, 0.6) is 5.75 Å². The zero-order valence-electron chi connectivity index (χ0n) is 35.8. The Morgan fingerprint density at radius 2 is 1.53 bits per heavy atom. The van der Waals surface area contributed by atoms with Gasteiger partial charge in [-0.3, -0.25) is 14.5 Å². The van der Waals surface area contributed by atoms with E-state index in [2.05, 4.69) is 74.5 Å². The Morgan fingerprint density at radius 1 is 0.806 bits per heavy atom. The number of hydrogen-bond acceptors (Lipinski definition) is 9. The SMILES string of the molecule is Cc1sc2c(c1C)C(c1ccc(N3CCC(O)(CN4CCN(c5ccc([C@@H]6c7ccc(O)cc7CC[C@@H]6c6ccc(F)cc6)cc5F)CC4)CC3)cc1)=N[C@@H](C)c1nnc(C)n1-2. The molecule has 2 fully saturated rings. The second kappa shape index (κ2) is 16.0. The quantitative estimate of drug-likeness (QED) is 0.166. The highest BCUT2D eigenvalue weighted by Gasteiger charge is 2.37. The fourth-order valence-electron chi connectivity index (χ4n) is 10.5. The third-order valence-corrected chi connectivity index (χ3v) is 15.2. The number of hydrogen-bond donors (Lipinski definition) is 2. The summed E-state index contributed by atoms with van der Waals surface area (Å²) in [5.41, 5.74) is 9.46. The van der Waals surface area contributed by atoms with Crippen LogP contribution in [0.1, 0.15) is 99.5 Å². The van der Waals surface area contributed by atoms with Crippen LogP contribution in [0.4, 0.5) is 20.2 Å². The van der Waals surface area contributed by atoms with Crippen molar-refractivity contribution in [3.8, 4) is 10.8 Å². The van der Waals surface area contributed by atoms with Gasteiger partial charge in [-0.25, -0.2) is 8.78 Å². The first-order valence-electron chi connectivity index (χ1n) is 22.0. The van der Waals surface area contributed by atoms with Gasteiger partial charge in [0.15, 0.2) is 5.82 Å². The van der Waals surface area contributed by atoms with Crippen molar-refractivity contribution in [1.29, 1.82) is 0 Å². The predicted molar refractivity (Wildman–Crippen MR) is 243 cm³/mol. The number of anilines is 2. The van der Waals surface area contributed by atoms with Gasteiger partial charge >= 0.3 is 0 Å². The number of aromatic hydroxyl groups is 1. The van der Waals surface area contributed by atoms with Gasteiger partial charge in [0, 0.05) is 73.4 Å². The highest BCUT2D eigenvalue weighted by molar-refractivity contribution is 7.15. The molecule has 0 saturated carbocycles. The fraction of sp³-hybridized carbons (Fsp3) is 0.380. The lowest BCUT2D eigenvalue weighted by molar-refractivity contribution is -0.0173. The number of fused-ring (bicyclic) bond motifs is 4. The minimum atomic E-state index is -0.785. The fourth-order valence-corrected chi connectivity index (χ4v) is 11.7. The molecule has 10 rings (SSSR count). The number of phenols is 1. The number of benzene rings is 4. The lowest BCUT2D eigenvalue weighted by Gasteiger charge is -2.44. The first-order valence-corrected chi connectivity index (χ1v) is 22.8. The Hall–Kier alpha value is -5.43. The van der Waals surface area contributed by atoms with Crippen LogP contribution in [0.3, 0.4) is 0 Å². The van der Waals surface area contributed by atoms with E-state index < -0.39 is 5.60 Å². The van der Waals surface area contributed by atoms with Gasteiger partial charge in [0.25, 0.3) is 0 Å². The van der Waals surface area contributed by atoms with Crippen molar-refractivity contribution in [3.05, 3.63) is 152 Å². The molecular weight excluding hydrogens is 801 g/mol. The van der Waals surface area contributed by atoms with Gasteiger partial charge in [0.2, 0.25) is 0 Å². The summed E-state index contributed by atoms with van der Waals surface area (Å²) in [4.78, 5) is 13.3. The number of piperidine rings is 1. The minimum absolute atomic E-state index is 0.0509. The molecule has 62 heavy (non-hydrogen) atoms. The molecule has 4 aromatic carbocycles. The molecule has 5 heterocycles. The molecule has 6 aromatic rings. The molecule has 0 unspecified atom stereocenters. The molecule has 2 saturated heterocycles. The second-order valence-corrected chi connectivity index (χ2v) is 19.1. The molecule has 4 aliphatic rings. The number of β-amino-alcohol motifs (C(OH)–C–C–N with tert-alkyl or cyclic N) is 1. The summed E-state index contributed by atoms with van der Waals surface area (Å²) in [7, 11) is 0. The van der Waals surface area contributed by atoms with E-state index in [0.717, 1.165) is 100 Å². The molecule has 2 aromatic heterocycles. The number of phenolic OH excluding ortho intramolecular Hbond substituents is 1. The average molecular weight is 854 g/mol. The molecule has 3 aliphatic heterocycles. The van der Waals surface area contributed by atoms with E-state index >= 15 is 4.39 Å². The van der Waals surface area contributed by atoms with Crippen molar-refractivity contribution in [2.75, 3.05) is 55.6 Å². The number of piperazine rings is 1. The van der Waals surface area contributed by atoms with Crippen molar-refractivity contribution in [2.24, 2.45) is 4.99 Å². The number of rotatable bonds is 7. The van der Waals surface area contributed by atoms with Crippen molar-refractivity contribution >= 4 is 28.4 Å². The molecule has 9 nitrogen and oxygen atoms in total. The third-order valence-electron chi connectivity index (χ3n) is 14.0. The van der Waals surface area contributed by atoms with Crippen LogP contribution >= 0.6 is 11.3 Å². The van der Waals surface area contributed by atoms with Gasteiger partial charge in [-0.2, -0.15) is 0 Å². The maximum Gasteiger partial charge on any atom is 0.162 e. The van der Waals surface area contributed by atoms with E-state index in [4.69, 9.17) is 4.99 Å². The van der Waals surface area contributed by atoms with Crippen LogP contribution in [-0.2, 0) is 6.42 Å². The summed E-state index contributed by atoms with van der Waals surface area (Å²) in [5, 5.41) is 32.1. The Kier molecular flexibility index (Phi) is 10.5. The van der Waals surface area contributed by atoms with E-state index in [0.29, 0.717) is 38.2 Å². The number of aliphatic hydroxyl groups is 1. The molecule has 0 radical (unpaired) electrons. The van der Waals surface area contributed by atoms with Crippen molar-refractivity contribution in [2.45, 2.75) is 76.9 Å². The summed E-state index contributed by atoms with van der Waals surface area (Å²) in [6.45, 7) is 13.4. The van der Waals surface area contributed by atoms with Crippen LogP contribution in [-0.4, -0.2) is 87.0 Å². The summed E-state index contributed by atoms with van der Waals surface area (Å²) in [6.07, 6.45) is 2.95. The van der Waals surface area contributed by atoms with Gasteiger partial charge in [-0.15, -0.1) is 21.5 Å². The maximum absolute atomic E-state index is 16.2. The molecule has 0 spiro atoms. The standard InChI is InChI=1S/C50H53F2N7O2S/c1-30-32(3)62-49-45(30)47(53-31(2)48-55-54-33(4)59(48)49)35-7-13-39(14-8-35)57-21-19-50(61,20-22-57)29-56-23-25-58(26-24-56)44-18-10-37(28-43(44)52)46-41(34-5-11-38(51)12-6-34)16-9-36-27-40(60)15-17-42(36)46/h5-8,10-15,17-18,27-28,31,41,46,60-61H,9,16,19-26,29H2,1-4H3/t31-,41+,46-/m0/s1. The highest BCUT2D eigenvalue weighted by atomic mass is 32.1. The van der Waals surface area contributed by atoms with Gasteiger partial charge < -0.3 is 20.0 Å². The smallest absolute Gasteiger partial charge is 0.162 e. The van der Waals surface area contributed by atoms with Crippen molar-refractivity contribution < 1.29 is 19.0 Å². The predicted octanol–water partition coefficient (Wildman–Crippen LogP) is 9.17. The molecule has 1 aliphatic carbocycles. The molecule has 0 bridgehead atoms. The Morgan fingerprint density at radius 3 is 2.26 bits per heavy atom. The lowest BCUT2D eigenvalue weighted by Crippen LogP contribution is -2.55. The summed E-state index contributed by atoms with van der Waals surface area (Å²) in [6, 6.07) is 26.4. The van der Waals surface area contributed by atoms with Crippen LogP contribution in [0.15, 0.2) is 89.9 Å². The lowest BCUT2D eigenvalue weighted by atomic mass is 9.69. The highest BCUT2D eigenvalue weighted by Crippen LogP contribution is 2.48. The summed E-state index contributed by atoms with van der Waals surface area (Å²) >= 11 is 1.77. The Labute approximate surface area is 366 Å².